The molecule has 6 nitrogen and oxygen atoms in total. The quantitative estimate of drug-likeness (QED) is 0.744. The van der Waals surface area contributed by atoms with Crippen LogP contribution < -0.4 is 10.5 Å². The highest BCUT2D eigenvalue weighted by Gasteiger charge is 2.33. The second kappa shape index (κ2) is 6.27. The molecule has 1 saturated carbocycles. The molecule has 0 radical (unpaired) electrons. The van der Waals surface area contributed by atoms with Crippen LogP contribution in [0.15, 0.2) is 23.2 Å². The Hall–Kier alpha value is -1.54. The molecule has 2 aliphatic carbocycles. The summed E-state index contributed by atoms with van der Waals surface area (Å²) >= 11 is 0. The van der Waals surface area contributed by atoms with Crippen molar-refractivity contribution in [3.63, 3.8) is 0 Å². The number of nitrogens with two attached hydrogens (primary N) is 1. The van der Waals surface area contributed by atoms with Gasteiger partial charge in [0.05, 0.1) is 11.0 Å². The highest BCUT2D eigenvalue weighted by molar-refractivity contribution is 7.89. The van der Waals surface area contributed by atoms with Crippen molar-refractivity contribution in [2.24, 2.45) is 11.7 Å². The van der Waals surface area contributed by atoms with Crippen molar-refractivity contribution in [2.45, 2.75) is 56.1 Å². The molecule has 4 N–H and O–H groups in total. The number of rotatable bonds is 5. The summed E-state index contributed by atoms with van der Waals surface area (Å²) in [5.74, 6) is 0.622. The van der Waals surface area contributed by atoms with Crippen LogP contribution in [0.3, 0.4) is 0 Å². The van der Waals surface area contributed by atoms with E-state index in [2.05, 4.69) is 9.71 Å². The highest BCUT2D eigenvalue weighted by atomic mass is 32.2. The summed E-state index contributed by atoms with van der Waals surface area (Å²) in [6, 6.07) is 3.16. The Balaban J connectivity index is 1.94. The van der Waals surface area contributed by atoms with E-state index in [-0.39, 0.29) is 16.9 Å². The predicted molar refractivity (Wildman–Crippen MR) is 100 cm³/mol. The van der Waals surface area contributed by atoms with Gasteiger partial charge in [-0.05, 0) is 48.4 Å². The minimum atomic E-state index is -3.68. The largest absolute Gasteiger partial charge is 0.388 e. The molecule has 4 rings (SSSR count). The topological polar surface area (TPSA) is 105 Å². The van der Waals surface area contributed by atoms with E-state index in [0.29, 0.717) is 35.2 Å². The highest BCUT2D eigenvalue weighted by Crippen LogP contribution is 2.45. The van der Waals surface area contributed by atoms with Gasteiger partial charge >= 0.3 is 0 Å². The van der Waals surface area contributed by atoms with Crippen LogP contribution in [0.5, 0.6) is 0 Å². The Morgan fingerprint density at radius 3 is 2.69 bits per heavy atom. The molecule has 7 heteroatoms. The first-order valence-electron chi connectivity index (χ1n) is 9.17. The number of nitrogens with zero attached hydrogens (tertiary/aromatic N) is 1. The van der Waals surface area contributed by atoms with Crippen LogP contribution in [-0.4, -0.2) is 25.1 Å². The Bertz CT molecular complexity index is 968. The Morgan fingerprint density at radius 1 is 1.31 bits per heavy atom. The van der Waals surface area contributed by atoms with Gasteiger partial charge in [0, 0.05) is 41.2 Å². The standard InChI is InChI=1S/C19H25N3O3S/c1-10(2)8-22-26(24,25)18-6-13-15(20)7-17(23)19(13)14-9-21-16(5-12(14)18)11-3-4-11/h5-6,9-11,15,17,22-23H,3-4,7-8,20H2,1-2H3. The molecule has 1 fully saturated rings. The van der Waals surface area contributed by atoms with Gasteiger partial charge in [0.25, 0.3) is 0 Å². The maximum Gasteiger partial charge on any atom is 0.241 e. The van der Waals surface area contributed by atoms with Crippen molar-refractivity contribution in [1.29, 1.82) is 0 Å². The van der Waals surface area contributed by atoms with Gasteiger partial charge in [0.2, 0.25) is 10.0 Å². The van der Waals surface area contributed by atoms with E-state index in [4.69, 9.17) is 5.73 Å². The third-order valence-corrected chi connectivity index (χ3v) is 6.72. The van der Waals surface area contributed by atoms with Crippen LogP contribution in [0, 0.1) is 5.92 Å². The van der Waals surface area contributed by atoms with Gasteiger partial charge in [-0.1, -0.05) is 13.8 Å². The van der Waals surface area contributed by atoms with Gasteiger partial charge in [-0.25, -0.2) is 13.1 Å². The van der Waals surface area contributed by atoms with Crippen LogP contribution in [-0.2, 0) is 10.0 Å². The van der Waals surface area contributed by atoms with E-state index in [1.165, 1.54) is 0 Å². The first kappa shape index (κ1) is 17.9. The number of benzene rings is 1. The summed E-state index contributed by atoms with van der Waals surface area (Å²) in [6.45, 7) is 4.30. The van der Waals surface area contributed by atoms with E-state index in [9.17, 15) is 13.5 Å². The second-order valence-corrected chi connectivity index (χ2v) is 9.65. The molecular weight excluding hydrogens is 350 g/mol. The van der Waals surface area contributed by atoms with Gasteiger partial charge in [0.1, 0.15) is 0 Å². The molecule has 2 atom stereocenters. The summed E-state index contributed by atoms with van der Waals surface area (Å²) in [5, 5.41) is 11.8. The zero-order valence-corrected chi connectivity index (χ0v) is 15.9. The van der Waals surface area contributed by atoms with Crippen molar-refractivity contribution in [3.05, 3.63) is 35.2 Å². The molecule has 0 saturated heterocycles. The number of pyridine rings is 1. The molecule has 140 valence electrons. The van der Waals surface area contributed by atoms with Gasteiger partial charge in [0.15, 0.2) is 0 Å². The molecule has 2 aliphatic rings. The minimum absolute atomic E-state index is 0.207. The molecule has 0 spiro atoms. The lowest BCUT2D eigenvalue weighted by Crippen LogP contribution is -2.28. The number of sulfonamides is 1. The number of hydrogen-bond acceptors (Lipinski definition) is 5. The molecule has 2 aromatic rings. The molecule has 1 aromatic heterocycles. The first-order valence-corrected chi connectivity index (χ1v) is 10.7. The Kier molecular flexibility index (Phi) is 4.30. The summed E-state index contributed by atoms with van der Waals surface area (Å²) in [6.07, 6.45) is 3.61. The monoisotopic (exact) mass is 375 g/mol. The maximum absolute atomic E-state index is 13.0. The molecular formula is C19H25N3O3S. The summed E-state index contributed by atoms with van der Waals surface area (Å²) in [4.78, 5) is 4.77. The third kappa shape index (κ3) is 3.03. The summed E-state index contributed by atoms with van der Waals surface area (Å²) in [5.41, 5.74) is 8.51. The molecule has 2 unspecified atom stereocenters. The zero-order valence-electron chi connectivity index (χ0n) is 15.1. The van der Waals surface area contributed by atoms with E-state index in [1.807, 2.05) is 19.9 Å². The van der Waals surface area contributed by atoms with E-state index < -0.39 is 16.1 Å². The minimum Gasteiger partial charge on any atom is -0.388 e. The number of aliphatic hydroxyl groups excluding tert-OH is 1. The molecule has 1 heterocycles. The number of aromatic nitrogens is 1. The van der Waals surface area contributed by atoms with Crippen molar-refractivity contribution < 1.29 is 13.5 Å². The van der Waals surface area contributed by atoms with Crippen LogP contribution in [0.4, 0.5) is 0 Å². The van der Waals surface area contributed by atoms with Gasteiger partial charge in [-0.2, -0.15) is 0 Å². The smallest absolute Gasteiger partial charge is 0.241 e. The average Bonchev–Trinajstić information content (AvgIpc) is 3.38. The fourth-order valence-electron chi connectivity index (χ4n) is 3.69. The van der Waals surface area contributed by atoms with Crippen LogP contribution >= 0.6 is 0 Å². The van der Waals surface area contributed by atoms with Crippen LogP contribution in [0.25, 0.3) is 10.8 Å². The SMILES string of the molecule is CC(C)CNS(=O)(=O)c1cc2c(c3cnc(C4CC4)cc13)C(O)CC2N. The van der Waals surface area contributed by atoms with Crippen LogP contribution in [0.2, 0.25) is 0 Å². The first-order chi connectivity index (χ1) is 12.3. The lowest BCUT2D eigenvalue weighted by molar-refractivity contribution is 0.175. The molecule has 1 aromatic carbocycles. The fraction of sp³-hybridized carbons (Fsp3) is 0.526. The van der Waals surface area contributed by atoms with Crippen molar-refractivity contribution in [1.82, 2.24) is 9.71 Å². The van der Waals surface area contributed by atoms with Crippen molar-refractivity contribution in [3.8, 4) is 0 Å². The van der Waals surface area contributed by atoms with E-state index >= 15 is 0 Å². The maximum atomic E-state index is 13.0. The van der Waals surface area contributed by atoms with Crippen molar-refractivity contribution >= 4 is 20.8 Å². The normalized spacial score (nSPS) is 23.0. The second-order valence-electron chi connectivity index (χ2n) is 7.91. The molecule has 26 heavy (non-hydrogen) atoms. The summed E-state index contributed by atoms with van der Waals surface area (Å²) in [7, 11) is -3.68. The number of hydrogen-bond donors (Lipinski definition) is 3. The van der Waals surface area contributed by atoms with E-state index in [1.54, 1.807) is 12.3 Å². The Morgan fingerprint density at radius 2 is 2.04 bits per heavy atom. The number of fused-ring (bicyclic) bond motifs is 3. The molecule has 0 aliphatic heterocycles. The summed E-state index contributed by atoms with van der Waals surface area (Å²) < 4.78 is 28.7. The van der Waals surface area contributed by atoms with E-state index in [0.717, 1.165) is 24.1 Å². The molecule has 0 amide bonds. The predicted octanol–water partition coefficient (Wildman–Crippen LogP) is 2.48. The van der Waals surface area contributed by atoms with Gasteiger partial charge < -0.3 is 10.8 Å². The molecule has 0 bridgehead atoms. The lowest BCUT2D eigenvalue weighted by Gasteiger charge is -2.16. The zero-order chi connectivity index (χ0) is 18.6. The van der Waals surface area contributed by atoms with Crippen LogP contribution in [0.1, 0.15) is 68.0 Å². The van der Waals surface area contributed by atoms with Crippen molar-refractivity contribution in [2.75, 3.05) is 6.54 Å². The van der Waals surface area contributed by atoms with Gasteiger partial charge in [-0.3, -0.25) is 4.98 Å². The number of nitrogens with one attached hydrogen (secondary N) is 1. The Labute approximate surface area is 153 Å². The number of aliphatic hydroxyl groups is 1. The average molecular weight is 375 g/mol. The lowest BCUT2D eigenvalue weighted by atomic mass is 9.99. The third-order valence-electron chi connectivity index (χ3n) is 5.25. The van der Waals surface area contributed by atoms with Gasteiger partial charge in [-0.15, -0.1) is 0 Å². The fourth-order valence-corrected chi connectivity index (χ4v) is 5.13.